The minimum absolute atomic E-state index is 0.0185. The van der Waals surface area contributed by atoms with Crippen LogP contribution in [0.15, 0.2) is 12.1 Å². The van der Waals surface area contributed by atoms with Crippen molar-refractivity contribution in [1.82, 2.24) is 4.98 Å². The fraction of sp³-hybridized carbons (Fsp3) is 0.455. The number of anilines is 1. The van der Waals surface area contributed by atoms with Crippen LogP contribution in [0.4, 0.5) is 5.82 Å². The number of carbonyl (C=O) groups is 1. The van der Waals surface area contributed by atoms with Crippen molar-refractivity contribution in [3.8, 4) is 5.75 Å². The number of pyridine rings is 1. The highest BCUT2D eigenvalue weighted by atomic mass is 32.2. The highest BCUT2D eigenvalue weighted by Crippen LogP contribution is 2.21. The third-order valence-electron chi connectivity index (χ3n) is 2.29. The van der Waals surface area contributed by atoms with Crippen molar-refractivity contribution in [3.05, 3.63) is 17.8 Å². The van der Waals surface area contributed by atoms with Gasteiger partial charge in [-0.1, -0.05) is 0 Å². The van der Waals surface area contributed by atoms with Gasteiger partial charge in [-0.2, -0.15) is 0 Å². The molecule has 0 saturated carbocycles. The zero-order valence-corrected chi connectivity index (χ0v) is 11.5. The monoisotopic (exact) mass is 288 g/mol. The Bertz CT molecular complexity index is 556. The summed E-state index contributed by atoms with van der Waals surface area (Å²) in [5, 5.41) is 9.49. The van der Waals surface area contributed by atoms with Gasteiger partial charge in [0.05, 0.1) is 12.9 Å². The third kappa shape index (κ3) is 5.12. The number of aryl methyl sites for hydroxylation is 1. The second kappa shape index (κ2) is 6.37. The minimum atomic E-state index is -3.66. The molecule has 1 aromatic rings. The largest absolute Gasteiger partial charge is 0.504 e. The van der Waals surface area contributed by atoms with Gasteiger partial charge in [-0.25, -0.2) is 13.4 Å². The molecule has 0 saturated heterocycles. The van der Waals surface area contributed by atoms with Gasteiger partial charge in [0.2, 0.25) is 10.0 Å². The van der Waals surface area contributed by atoms with E-state index in [2.05, 4.69) is 14.4 Å². The first-order valence-corrected chi connectivity index (χ1v) is 7.23. The lowest BCUT2D eigenvalue weighted by atomic mass is 10.3. The average molecular weight is 288 g/mol. The van der Waals surface area contributed by atoms with Gasteiger partial charge in [0.1, 0.15) is 0 Å². The van der Waals surface area contributed by atoms with E-state index in [0.717, 1.165) is 0 Å². The van der Waals surface area contributed by atoms with Gasteiger partial charge >= 0.3 is 5.97 Å². The fourth-order valence-corrected chi connectivity index (χ4v) is 2.40. The Morgan fingerprint density at radius 1 is 1.47 bits per heavy atom. The Labute approximate surface area is 111 Å². The van der Waals surface area contributed by atoms with Crippen molar-refractivity contribution in [2.75, 3.05) is 17.6 Å². The Morgan fingerprint density at radius 2 is 2.16 bits per heavy atom. The van der Waals surface area contributed by atoms with E-state index in [1.165, 1.54) is 13.2 Å². The normalized spacial score (nSPS) is 11.1. The molecule has 1 rings (SSSR count). The van der Waals surface area contributed by atoms with E-state index < -0.39 is 16.0 Å². The van der Waals surface area contributed by atoms with Gasteiger partial charge in [0.25, 0.3) is 0 Å². The topological polar surface area (TPSA) is 106 Å². The van der Waals surface area contributed by atoms with Gasteiger partial charge in [0.15, 0.2) is 11.6 Å². The number of esters is 1. The van der Waals surface area contributed by atoms with E-state index in [1.54, 1.807) is 13.0 Å². The van der Waals surface area contributed by atoms with E-state index in [9.17, 15) is 18.3 Å². The molecule has 0 unspecified atom stereocenters. The van der Waals surface area contributed by atoms with Crippen LogP contribution in [0, 0.1) is 6.92 Å². The SMILES string of the molecule is COC(=O)CCCS(=O)(=O)Nc1nc(C)ccc1O. The lowest BCUT2D eigenvalue weighted by Gasteiger charge is -2.09. The predicted molar refractivity (Wildman–Crippen MR) is 69.3 cm³/mol. The maximum Gasteiger partial charge on any atom is 0.305 e. The number of aromatic hydroxyl groups is 1. The molecular weight excluding hydrogens is 272 g/mol. The van der Waals surface area contributed by atoms with Gasteiger partial charge in [-0.05, 0) is 25.5 Å². The number of hydrogen-bond donors (Lipinski definition) is 2. The second-order valence-corrected chi connectivity index (χ2v) is 5.76. The first-order valence-electron chi connectivity index (χ1n) is 5.58. The number of rotatable bonds is 6. The molecule has 0 aliphatic heterocycles. The number of hydrogen-bond acceptors (Lipinski definition) is 6. The van der Waals surface area contributed by atoms with E-state index >= 15 is 0 Å². The number of methoxy groups -OCH3 is 1. The lowest BCUT2D eigenvalue weighted by molar-refractivity contribution is -0.140. The van der Waals surface area contributed by atoms with Crippen molar-refractivity contribution in [2.24, 2.45) is 0 Å². The highest BCUT2D eigenvalue weighted by Gasteiger charge is 2.15. The molecule has 0 aliphatic carbocycles. The average Bonchev–Trinajstić information content (AvgIpc) is 2.33. The second-order valence-electron chi connectivity index (χ2n) is 3.92. The van der Waals surface area contributed by atoms with Crippen LogP contribution in [0.5, 0.6) is 5.75 Å². The molecule has 0 fully saturated rings. The molecule has 0 atom stereocenters. The summed E-state index contributed by atoms with van der Waals surface area (Å²) in [6, 6.07) is 2.92. The molecule has 0 radical (unpaired) electrons. The maximum absolute atomic E-state index is 11.7. The van der Waals surface area contributed by atoms with Crippen LogP contribution < -0.4 is 4.72 Å². The summed E-state index contributed by atoms with van der Waals surface area (Å²) in [5.41, 5.74) is 0.574. The summed E-state index contributed by atoms with van der Waals surface area (Å²) in [6.45, 7) is 1.68. The van der Waals surface area contributed by atoms with Crippen LogP contribution >= 0.6 is 0 Å². The molecule has 0 aromatic carbocycles. The molecule has 0 amide bonds. The van der Waals surface area contributed by atoms with Gasteiger partial charge in [0, 0.05) is 12.1 Å². The van der Waals surface area contributed by atoms with Crippen LogP contribution in [0.3, 0.4) is 0 Å². The van der Waals surface area contributed by atoms with Gasteiger partial charge in [-0.3, -0.25) is 9.52 Å². The summed E-state index contributed by atoms with van der Waals surface area (Å²) in [7, 11) is -2.42. The van der Waals surface area contributed by atoms with Crippen LogP contribution in [-0.4, -0.2) is 37.3 Å². The number of ether oxygens (including phenoxy) is 1. The first-order chi connectivity index (χ1) is 8.84. The molecule has 0 aliphatic rings. The number of aromatic nitrogens is 1. The van der Waals surface area contributed by atoms with E-state index in [4.69, 9.17) is 0 Å². The van der Waals surface area contributed by atoms with E-state index in [0.29, 0.717) is 5.69 Å². The number of carbonyl (C=O) groups excluding carboxylic acids is 1. The minimum Gasteiger partial charge on any atom is -0.504 e. The zero-order valence-electron chi connectivity index (χ0n) is 10.7. The molecule has 8 heteroatoms. The van der Waals surface area contributed by atoms with E-state index in [1.807, 2.05) is 0 Å². The molecular formula is C11H16N2O5S. The van der Waals surface area contributed by atoms with Crippen LogP contribution in [0.2, 0.25) is 0 Å². The molecule has 19 heavy (non-hydrogen) atoms. The highest BCUT2D eigenvalue weighted by molar-refractivity contribution is 7.92. The molecule has 106 valence electrons. The Balaban J connectivity index is 2.64. The standard InChI is InChI=1S/C11H16N2O5S/c1-8-5-6-9(14)11(12-8)13-19(16,17)7-3-4-10(15)18-2/h5-6,14H,3-4,7H2,1-2H3,(H,12,13). The molecule has 1 heterocycles. The van der Waals surface area contributed by atoms with Crippen LogP contribution in [-0.2, 0) is 19.6 Å². The third-order valence-corrected chi connectivity index (χ3v) is 3.62. The van der Waals surface area contributed by atoms with Crippen molar-refractivity contribution < 1.29 is 23.1 Å². The van der Waals surface area contributed by atoms with Crippen molar-refractivity contribution >= 4 is 21.8 Å². The molecule has 0 bridgehead atoms. The smallest absolute Gasteiger partial charge is 0.305 e. The lowest BCUT2D eigenvalue weighted by Crippen LogP contribution is -2.18. The molecule has 2 N–H and O–H groups in total. The Hall–Kier alpha value is -1.83. The fourth-order valence-electron chi connectivity index (χ4n) is 1.33. The molecule has 1 aromatic heterocycles. The van der Waals surface area contributed by atoms with Gasteiger partial charge < -0.3 is 9.84 Å². The zero-order chi connectivity index (χ0) is 14.5. The van der Waals surface area contributed by atoms with Crippen molar-refractivity contribution in [2.45, 2.75) is 19.8 Å². The summed E-state index contributed by atoms with van der Waals surface area (Å²) in [6.07, 6.45) is 0.152. The van der Waals surface area contributed by atoms with Crippen molar-refractivity contribution in [1.29, 1.82) is 0 Å². The summed E-state index contributed by atoms with van der Waals surface area (Å²) < 4.78 is 30.0. The van der Waals surface area contributed by atoms with Crippen LogP contribution in [0.1, 0.15) is 18.5 Å². The summed E-state index contributed by atoms with van der Waals surface area (Å²) >= 11 is 0. The predicted octanol–water partition coefficient (Wildman–Crippen LogP) is 0.791. The first kappa shape index (κ1) is 15.2. The molecule has 0 spiro atoms. The van der Waals surface area contributed by atoms with Crippen LogP contribution in [0.25, 0.3) is 0 Å². The number of sulfonamides is 1. The molecule has 7 nitrogen and oxygen atoms in total. The quantitative estimate of drug-likeness (QED) is 0.750. The summed E-state index contributed by atoms with van der Waals surface area (Å²) in [4.78, 5) is 14.8. The Kier molecular flexibility index (Phi) is 5.11. The number of nitrogens with zero attached hydrogens (tertiary/aromatic N) is 1. The number of nitrogens with one attached hydrogen (secondary N) is 1. The van der Waals surface area contributed by atoms with E-state index in [-0.39, 0.29) is 30.2 Å². The van der Waals surface area contributed by atoms with Gasteiger partial charge in [-0.15, -0.1) is 0 Å². The maximum atomic E-state index is 11.7. The Morgan fingerprint density at radius 3 is 2.79 bits per heavy atom. The van der Waals surface area contributed by atoms with Crippen molar-refractivity contribution in [3.63, 3.8) is 0 Å². The summed E-state index contributed by atoms with van der Waals surface area (Å²) in [5.74, 6) is -1.08.